The topological polar surface area (TPSA) is 84.2 Å². The Hall–Kier alpha value is -1.74. The van der Waals surface area contributed by atoms with Crippen LogP contribution < -0.4 is 15.8 Å². The number of hydrogen-bond donors (Lipinski definition) is 3. The molecular formula is C26H36F3N3O2S. The minimum Gasteiger partial charge on any atom is -0.369 e. The van der Waals surface area contributed by atoms with Crippen LogP contribution in [0.15, 0.2) is 29.2 Å². The summed E-state index contributed by atoms with van der Waals surface area (Å²) in [5, 5.41) is 3.30. The Morgan fingerprint density at radius 3 is 2.43 bits per heavy atom. The van der Waals surface area contributed by atoms with Crippen molar-refractivity contribution in [2.24, 2.45) is 28.9 Å². The van der Waals surface area contributed by atoms with Gasteiger partial charge >= 0.3 is 6.18 Å². The molecular weight excluding hydrogens is 475 g/mol. The number of nitrogens with one attached hydrogen (secondary N) is 2. The van der Waals surface area contributed by atoms with Crippen molar-refractivity contribution in [2.45, 2.75) is 94.3 Å². The molecule has 4 N–H and O–H groups in total. The maximum absolute atomic E-state index is 13.8. The van der Waals surface area contributed by atoms with Gasteiger partial charge in [0.15, 0.2) is 0 Å². The number of primary amides is 1. The molecule has 0 aliphatic heterocycles. The first kappa shape index (κ1) is 26.3. The lowest BCUT2D eigenvalue weighted by Gasteiger charge is -2.50. The van der Waals surface area contributed by atoms with Gasteiger partial charge in [-0.05, 0) is 80.4 Å². The highest BCUT2D eigenvalue weighted by Crippen LogP contribution is 2.50. The molecule has 5 nitrogen and oxygen atoms in total. The second kappa shape index (κ2) is 9.96. The van der Waals surface area contributed by atoms with Crippen LogP contribution in [-0.4, -0.2) is 23.4 Å². The SMILES string of the molecule is CC1CC2CC(CC(C)(C(N)=O)C2)C1NC(=O)C1(NSc2ccccc2C(F)(F)F)CCCCC1. The van der Waals surface area contributed by atoms with E-state index in [0.717, 1.165) is 56.5 Å². The van der Waals surface area contributed by atoms with Crippen molar-refractivity contribution in [3.05, 3.63) is 29.8 Å². The standard InChI is InChI=1S/C26H36F3N3O2S/c1-16-12-17-13-18(15-24(2,14-17)22(30)33)21(16)31-23(34)25(10-6-3-7-11-25)32-35-20-9-5-4-8-19(20)26(27,28)29/h4-5,8-9,16-18,21,32H,3,6-7,10-15H2,1-2H3,(H2,30,33)(H,31,34). The molecule has 5 unspecified atom stereocenters. The Morgan fingerprint density at radius 1 is 1.09 bits per heavy atom. The van der Waals surface area contributed by atoms with E-state index in [0.29, 0.717) is 25.2 Å². The van der Waals surface area contributed by atoms with Crippen LogP contribution in [0.2, 0.25) is 0 Å². The van der Waals surface area contributed by atoms with E-state index in [1.807, 2.05) is 6.92 Å². The molecule has 0 saturated heterocycles. The van der Waals surface area contributed by atoms with Gasteiger partial charge in [-0.25, -0.2) is 4.72 Å². The number of halogens is 3. The predicted molar refractivity (Wildman–Crippen MR) is 130 cm³/mol. The lowest BCUT2D eigenvalue weighted by molar-refractivity contribution is -0.139. The zero-order valence-corrected chi connectivity index (χ0v) is 21.2. The summed E-state index contributed by atoms with van der Waals surface area (Å²) >= 11 is 0.900. The molecule has 194 valence electrons. The average molecular weight is 512 g/mol. The molecule has 0 spiro atoms. The molecule has 4 rings (SSSR count). The Bertz CT molecular complexity index is 948. The first-order chi connectivity index (χ1) is 16.4. The van der Waals surface area contributed by atoms with Crippen LogP contribution in [0.1, 0.15) is 77.2 Å². The van der Waals surface area contributed by atoms with Gasteiger partial charge in [0.05, 0.1) is 5.56 Å². The number of rotatable bonds is 6. The maximum atomic E-state index is 13.8. The summed E-state index contributed by atoms with van der Waals surface area (Å²) in [6.45, 7) is 4.08. The normalized spacial score (nSPS) is 32.6. The van der Waals surface area contributed by atoms with Crippen molar-refractivity contribution in [3.8, 4) is 0 Å². The van der Waals surface area contributed by atoms with Crippen molar-refractivity contribution < 1.29 is 22.8 Å². The van der Waals surface area contributed by atoms with Crippen LogP contribution >= 0.6 is 11.9 Å². The minimum atomic E-state index is -4.46. The van der Waals surface area contributed by atoms with Crippen molar-refractivity contribution in [1.29, 1.82) is 0 Å². The highest BCUT2D eigenvalue weighted by atomic mass is 32.2. The van der Waals surface area contributed by atoms with Gasteiger partial charge in [0.1, 0.15) is 5.54 Å². The van der Waals surface area contributed by atoms with Gasteiger partial charge < -0.3 is 11.1 Å². The Balaban J connectivity index is 1.52. The molecule has 35 heavy (non-hydrogen) atoms. The van der Waals surface area contributed by atoms with Gasteiger partial charge in [0.25, 0.3) is 0 Å². The summed E-state index contributed by atoms with van der Waals surface area (Å²) in [4.78, 5) is 26.0. The van der Waals surface area contributed by atoms with Crippen LogP contribution in [0.4, 0.5) is 13.2 Å². The fraction of sp³-hybridized carbons (Fsp3) is 0.692. The fourth-order valence-corrected chi connectivity index (χ4v) is 7.75. The van der Waals surface area contributed by atoms with Crippen molar-refractivity contribution in [2.75, 3.05) is 0 Å². The third-order valence-electron chi connectivity index (χ3n) is 8.50. The summed E-state index contributed by atoms with van der Waals surface area (Å²) in [6, 6.07) is 5.37. The van der Waals surface area contributed by atoms with Crippen LogP contribution in [0.3, 0.4) is 0 Å². The zero-order valence-electron chi connectivity index (χ0n) is 20.4. The quantitative estimate of drug-likeness (QED) is 0.444. The van der Waals surface area contributed by atoms with Gasteiger partial charge in [-0.15, -0.1) is 0 Å². The third kappa shape index (κ3) is 5.50. The number of amides is 2. The van der Waals surface area contributed by atoms with Crippen molar-refractivity contribution in [3.63, 3.8) is 0 Å². The zero-order chi connectivity index (χ0) is 25.4. The van der Waals surface area contributed by atoms with Gasteiger partial charge in [-0.3, -0.25) is 9.59 Å². The molecule has 3 fully saturated rings. The van der Waals surface area contributed by atoms with E-state index in [1.54, 1.807) is 6.07 Å². The number of fused-ring (bicyclic) bond motifs is 2. The molecule has 3 aliphatic rings. The number of carbonyl (C=O) groups excluding carboxylic acids is 2. The summed E-state index contributed by atoms with van der Waals surface area (Å²) in [6.07, 6.45) is 2.72. The van der Waals surface area contributed by atoms with Gasteiger partial charge in [-0.1, -0.05) is 45.2 Å². The van der Waals surface area contributed by atoms with Gasteiger partial charge in [0, 0.05) is 16.4 Å². The summed E-state index contributed by atoms with van der Waals surface area (Å²) in [5.41, 5.74) is 3.55. The monoisotopic (exact) mass is 511 g/mol. The van der Waals surface area contributed by atoms with Gasteiger partial charge in [0.2, 0.25) is 11.8 Å². The minimum absolute atomic E-state index is 0.0659. The smallest absolute Gasteiger partial charge is 0.369 e. The molecule has 1 aromatic carbocycles. The van der Waals surface area contributed by atoms with Crippen LogP contribution in [0, 0.1) is 23.2 Å². The van der Waals surface area contributed by atoms with E-state index in [2.05, 4.69) is 17.0 Å². The second-order valence-electron chi connectivity index (χ2n) is 11.2. The van der Waals surface area contributed by atoms with E-state index >= 15 is 0 Å². The number of benzene rings is 1. The van der Waals surface area contributed by atoms with Crippen LogP contribution in [0.25, 0.3) is 0 Å². The molecule has 3 saturated carbocycles. The molecule has 1 aromatic rings. The number of nitrogens with two attached hydrogens (primary N) is 1. The Kier molecular flexibility index (Phi) is 7.49. The molecule has 0 radical (unpaired) electrons. The largest absolute Gasteiger partial charge is 0.417 e. The summed E-state index contributed by atoms with van der Waals surface area (Å²) in [5.74, 6) is 0.427. The average Bonchev–Trinajstić information content (AvgIpc) is 2.80. The molecule has 9 heteroatoms. The first-order valence-electron chi connectivity index (χ1n) is 12.6. The van der Waals surface area contributed by atoms with E-state index in [1.165, 1.54) is 12.1 Å². The molecule has 5 atom stereocenters. The van der Waals surface area contributed by atoms with E-state index < -0.39 is 22.7 Å². The predicted octanol–water partition coefficient (Wildman–Crippen LogP) is 5.44. The Labute approximate surface area is 209 Å². The van der Waals surface area contributed by atoms with Crippen molar-refractivity contribution in [1.82, 2.24) is 10.0 Å². The fourth-order valence-electron chi connectivity index (χ4n) is 6.71. The highest BCUT2D eigenvalue weighted by Gasteiger charge is 2.50. The first-order valence-corrected chi connectivity index (χ1v) is 13.5. The lowest BCUT2D eigenvalue weighted by atomic mass is 9.57. The summed E-state index contributed by atoms with van der Waals surface area (Å²) in [7, 11) is 0. The lowest BCUT2D eigenvalue weighted by Crippen LogP contribution is -2.61. The van der Waals surface area contributed by atoms with Gasteiger partial charge in [-0.2, -0.15) is 13.2 Å². The maximum Gasteiger partial charge on any atom is 0.417 e. The molecule has 2 bridgehead atoms. The molecule has 0 heterocycles. The van der Waals surface area contributed by atoms with Crippen LogP contribution in [0.5, 0.6) is 0 Å². The highest BCUT2D eigenvalue weighted by molar-refractivity contribution is 7.97. The number of alkyl halides is 3. The molecule has 2 amide bonds. The molecule has 0 aromatic heterocycles. The van der Waals surface area contributed by atoms with E-state index in [9.17, 15) is 22.8 Å². The number of carbonyl (C=O) groups is 2. The van der Waals surface area contributed by atoms with Crippen LogP contribution in [-0.2, 0) is 15.8 Å². The second-order valence-corrected chi connectivity index (χ2v) is 12.1. The number of hydrogen-bond acceptors (Lipinski definition) is 4. The Morgan fingerprint density at radius 2 is 1.77 bits per heavy atom. The molecule has 3 aliphatic carbocycles. The van der Waals surface area contributed by atoms with Crippen molar-refractivity contribution >= 4 is 23.8 Å². The third-order valence-corrected chi connectivity index (χ3v) is 9.57. The summed E-state index contributed by atoms with van der Waals surface area (Å²) < 4.78 is 43.7. The van der Waals surface area contributed by atoms with E-state index in [4.69, 9.17) is 5.73 Å². The van der Waals surface area contributed by atoms with E-state index in [-0.39, 0.29) is 34.6 Å².